The van der Waals surface area contributed by atoms with Gasteiger partial charge in [0, 0.05) is 74.0 Å². The molecule has 278 valence electrons. The number of fused-ring (bicyclic) bond motifs is 2. The van der Waals surface area contributed by atoms with Crippen molar-refractivity contribution in [2.24, 2.45) is 0 Å². The minimum Gasteiger partial charge on any atom is -0.508 e. The highest BCUT2D eigenvalue weighted by Gasteiger charge is 2.44. The van der Waals surface area contributed by atoms with Crippen molar-refractivity contribution in [3.05, 3.63) is 119 Å². The molecule has 11 nitrogen and oxygen atoms in total. The van der Waals surface area contributed by atoms with Crippen molar-refractivity contribution in [3.63, 3.8) is 0 Å². The lowest BCUT2D eigenvalue weighted by atomic mass is 9.76. The van der Waals surface area contributed by atoms with E-state index in [1.54, 1.807) is 30.3 Å². The number of piperazine rings is 1. The van der Waals surface area contributed by atoms with Crippen molar-refractivity contribution >= 4 is 35.0 Å². The SMILES string of the molecule is O=C1CCC(N2C(=O)c3ccc(NCCCCCN4CCN(c5ccc(C6c7ccc(O)cc7OC[C@@H]6c6ccccc6)cc5)CC4)cc3C2=O)C(=O)N1. The molecule has 4 aliphatic rings. The number of piperidine rings is 1. The summed E-state index contributed by atoms with van der Waals surface area (Å²) in [5, 5.41) is 15.7. The summed E-state index contributed by atoms with van der Waals surface area (Å²) in [6, 6.07) is 29.2. The number of nitrogens with one attached hydrogen (secondary N) is 2. The van der Waals surface area contributed by atoms with E-state index in [9.17, 15) is 24.3 Å². The summed E-state index contributed by atoms with van der Waals surface area (Å²) in [5.74, 6) is -0.722. The number of carbonyl (C=O) groups excluding carboxylic acids is 4. The fraction of sp³-hybridized carbons (Fsp3) is 0.349. The highest BCUT2D eigenvalue weighted by atomic mass is 16.5. The van der Waals surface area contributed by atoms with Crippen LogP contribution in [0.5, 0.6) is 11.5 Å². The zero-order chi connectivity index (χ0) is 37.2. The van der Waals surface area contributed by atoms with Crippen molar-refractivity contribution in [1.29, 1.82) is 0 Å². The number of aromatic hydroxyl groups is 1. The van der Waals surface area contributed by atoms with E-state index < -0.39 is 23.8 Å². The van der Waals surface area contributed by atoms with E-state index in [0.29, 0.717) is 6.61 Å². The molecule has 0 spiro atoms. The minimum atomic E-state index is -0.963. The van der Waals surface area contributed by atoms with Crippen LogP contribution < -0.4 is 20.3 Å². The fourth-order valence-corrected chi connectivity index (χ4v) is 8.37. The number of hydrogen-bond donors (Lipinski definition) is 3. The highest BCUT2D eigenvalue weighted by molar-refractivity contribution is 6.23. The third-order valence-electron chi connectivity index (χ3n) is 11.3. The molecule has 0 aliphatic carbocycles. The number of hydrogen-bond acceptors (Lipinski definition) is 9. The zero-order valence-electron chi connectivity index (χ0n) is 30.2. The molecule has 8 rings (SSSR count). The minimum absolute atomic E-state index is 0.0974. The third-order valence-corrected chi connectivity index (χ3v) is 11.3. The van der Waals surface area contributed by atoms with Gasteiger partial charge in [-0.15, -0.1) is 0 Å². The normalized spacial score (nSPS) is 21.4. The van der Waals surface area contributed by atoms with E-state index in [1.165, 1.54) is 16.8 Å². The molecular weight excluding hydrogens is 683 g/mol. The van der Waals surface area contributed by atoms with Crippen LogP contribution in [0.15, 0.2) is 91.0 Å². The van der Waals surface area contributed by atoms with Gasteiger partial charge in [0.15, 0.2) is 0 Å². The summed E-state index contributed by atoms with van der Waals surface area (Å²) < 4.78 is 6.15. The molecule has 0 aromatic heterocycles. The summed E-state index contributed by atoms with van der Waals surface area (Å²) >= 11 is 0. The van der Waals surface area contributed by atoms with Crippen LogP contribution in [0.1, 0.15) is 81.3 Å². The molecule has 2 unspecified atom stereocenters. The highest BCUT2D eigenvalue weighted by Crippen LogP contribution is 2.47. The summed E-state index contributed by atoms with van der Waals surface area (Å²) in [7, 11) is 0. The Kier molecular flexibility index (Phi) is 10.1. The van der Waals surface area contributed by atoms with Crippen molar-refractivity contribution in [1.82, 2.24) is 15.1 Å². The number of phenols is 1. The maximum Gasteiger partial charge on any atom is 0.262 e. The summed E-state index contributed by atoms with van der Waals surface area (Å²) in [6.45, 7) is 6.35. The standard InChI is InChI=1S/C43H45N5O6/c49-32-14-16-34-38(26-32)54-27-36(28-7-3-1-4-8-28)40(34)29-9-12-31(13-10-29)47-23-21-46(22-24-47)20-6-2-5-19-44-30-11-15-33-35(25-30)43(53)48(42(33)52)37-17-18-39(50)45-41(37)51/h1,3-4,7-16,25-26,36-37,40,44,49H,2,5-6,17-24,27H2,(H,45,50,51)/t36-,37?,40?/m1/s1. The number of unbranched alkanes of at least 4 members (excludes halogenated alkanes) is 2. The van der Waals surface area contributed by atoms with Gasteiger partial charge in [0.25, 0.3) is 11.8 Å². The van der Waals surface area contributed by atoms with Gasteiger partial charge in [0.2, 0.25) is 11.8 Å². The number of imide groups is 2. The Hall–Kier alpha value is -5.68. The van der Waals surface area contributed by atoms with Gasteiger partial charge < -0.3 is 20.1 Å². The maximum atomic E-state index is 13.1. The van der Waals surface area contributed by atoms with Crippen LogP contribution in [0.2, 0.25) is 0 Å². The van der Waals surface area contributed by atoms with Crippen LogP contribution in [0.3, 0.4) is 0 Å². The number of phenolic OH excluding ortho intramolecular Hbond substituents is 1. The van der Waals surface area contributed by atoms with Gasteiger partial charge >= 0.3 is 0 Å². The Balaban J connectivity index is 0.788. The monoisotopic (exact) mass is 727 g/mol. The first kappa shape index (κ1) is 35.4. The van der Waals surface area contributed by atoms with Gasteiger partial charge in [0.05, 0.1) is 17.7 Å². The third kappa shape index (κ3) is 7.15. The number of nitrogens with zero attached hydrogens (tertiary/aromatic N) is 3. The molecule has 4 heterocycles. The Morgan fingerprint density at radius 2 is 1.56 bits per heavy atom. The van der Waals surface area contributed by atoms with E-state index in [-0.39, 0.29) is 47.5 Å². The second kappa shape index (κ2) is 15.4. The van der Waals surface area contributed by atoms with Gasteiger partial charge in [-0.2, -0.15) is 0 Å². The van der Waals surface area contributed by atoms with E-state index >= 15 is 0 Å². The Labute approximate surface area is 314 Å². The van der Waals surface area contributed by atoms with E-state index in [2.05, 4.69) is 69.0 Å². The molecule has 4 aromatic carbocycles. The first-order valence-corrected chi connectivity index (χ1v) is 19.0. The summed E-state index contributed by atoms with van der Waals surface area (Å²) in [6.07, 6.45) is 3.38. The lowest BCUT2D eigenvalue weighted by Gasteiger charge is -2.37. The van der Waals surface area contributed by atoms with Gasteiger partial charge in [-0.1, -0.05) is 55.0 Å². The van der Waals surface area contributed by atoms with Crippen LogP contribution >= 0.6 is 0 Å². The molecule has 3 N–H and O–H groups in total. The van der Waals surface area contributed by atoms with Crippen LogP contribution in [0.4, 0.5) is 11.4 Å². The van der Waals surface area contributed by atoms with Crippen molar-refractivity contribution < 1.29 is 29.0 Å². The quantitative estimate of drug-likeness (QED) is 0.135. The van der Waals surface area contributed by atoms with Crippen molar-refractivity contribution in [3.8, 4) is 11.5 Å². The van der Waals surface area contributed by atoms with E-state index in [1.807, 2.05) is 12.1 Å². The van der Waals surface area contributed by atoms with Gasteiger partial charge in [-0.25, -0.2) is 0 Å². The molecule has 2 saturated heterocycles. The predicted molar refractivity (Wildman–Crippen MR) is 205 cm³/mol. The maximum absolute atomic E-state index is 13.1. The molecule has 3 atom stereocenters. The molecule has 0 saturated carbocycles. The topological polar surface area (TPSA) is 132 Å². The van der Waals surface area contributed by atoms with Gasteiger partial charge in [-0.3, -0.25) is 34.3 Å². The molecule has 2 fully saturated rings. The second-order valence-electron chi connectivity index (χ2n) is 14.6. The van der Waals surface area contributed by atoms with E-state index in [0.717, 1.165) is 80.4 Å². The van der Waals surface area contributed by atoms with Crippen molar-refractivity contribution in [2.45, 2.75) is 50.0 Å². The van der Waals surface area contributed by atoms with Crippen LogP contribution in [-0.2, 0) is 9.59 Å². The zero-order valence-corrected chi connectivity index (χ0v) is 30.2. The number of rotatable bonds is 11. The molecule has 0 bridgehead atoms. The lowest BCUT2D eigenvalue weighted by Crippen LogP contribution is -2.54. The first-order valence-electron chi connectivity index (χ1n) is 19.0. The Morgan fingerprint density at radius 3 is 2.33 bits per heavy atom. The van der Waals surface area contributed by atoms with E-state index in [4.69, 9.17) is 4.74 Å². The summed E-state index contributed by atoms with van der Waals surface area (Å²) in [5.41, 5.74) is 6.16. The Morgan fingerprint density at radius 1 is 0.778 bits per heavy atom. The molecule has 4 aliphatic heterocycles. The largest absolute Gasteiger partial charge is 0.508 e. The molecular formula is C43H45N5O6. The molecule has 4 aromatic rings. The van der Waals surface area contributed by atoms with Gasteiger partial charge in [0.1, 0.15) is 17.5 Å². The van der Waals surface area contributed by atoms with Crippen molar-refractivity contribution in [2.75, 3.05) is 56.1 Å². The van der Waals surface area contributed by atoms with Crippen LogP contribution in [0, 0.1) is 0 Å². The lowest BCUT2D eigenvalue weighted by molar-refractivity contribution is -0.136. The number of anilines is 2. The average Bonchev–Trinajstić information content (AvgIpc) is 3.44. The molecule has 11 heteroatoms. The number of ether oxygens (including phenoxy) is 1. The first-order chi connectivity index (χ1) is 26.3. The molecule has 0 radical (unpaired) electrons. The molecule has 4 amide bonds. The fourth-order valence-electron chi connectivity index (χ4n) is 8.37. The average molecular weight is 728 g/mol. The molecule has 54 heavy (non-hydrogen) atoms. The number of benzene rings is 4. The number of amides is 4. The van der Waals surface area contributed by atoms with Crippen LogP contribution in [0.25, 0.3) is 0 Å². The second-order valence-corrected chi connectivity index (χ2v) is 14.6. The predicted octanol–water partition coefficient (Wildman–Crippen LogP) is 5.51. The van der Waals surface area contributed by atoms with Crippen LogP contribution in [-0.4, -0.2) is 90.5 Å². The number of carbonyl (C=O) groups is 4. The smallest absolute Gasteiger partial charge is 0.262 e. The Bertz CT molecular complexity index is 2050. The van der Waals surface area contributed by atoms with Gasteiger partial charge in [-0.05, 0) is 73.3 Å². The summed E-state index contributed by atoms with van der Waals surface area (Å²) in [4.78, 5) is 56.0.